The Morgan fingerprint density at radius 1 is 0.724 bits per heavy atom. The molecule has 1 aromatic heterocycles. The van der Waals surface area contributed by atoms with Gasteiger partial charge < -0.3 is 0 Å². The highest BCUT2D eigenvalue weighted by atomic mass is 14.9. The van der Waals surface area contributed by atoms with Gasteiger partial charge in [0.2, 0.25) is 0 Å². The molecular formula is C27H40N2. The highest BCUT2D eigenvalue weighted by molar-refractivity contribution is 5.55. The SMILES string of the molecule is CCCCCCCc1ccc(-c2ncc(CCC3CCC(CC)CC3)cn2)cc1. The van der Waals surface area contributed by atoms with Gasteiger partial charge in [-0.05, 0) is 48.6 Å². The van der Waals surface area contributed by atoms with Crippen LogP contribution in [0.1, 0.15) is 95.6 Å². The van der Waals surface area contributed by atoms with Crippen molar-refractivity contribution in [2.45, 2.75) is 97.3 Å². The number of unbranched alkanes of at least 4 members (excludes halogenated alkanes) is 4. The lowest BCUT2D eigenvalue weighted by atomic mass is 9.79. The molecule has 1 aliphatic carbocycles. The molecule has 2 nitrogen and oxygen atoms in total. The first-order chi connectivity index (χ1) is 14.3. The molecule has 0 radical (unpaired) electrons. The van der Waals surface area contributed by atoms with Crippen LogP contribution in [0.5, 0.6) is 0 Å². The zero-order valence-electron chi connectivity index (χ0n) is 18.7. The fourth-order valence-corrected chi connectivity index (χ4v) is 4.69. The van der Waals surface area contributed by atoms with E-state index in [1.807, 2.05) is 12.4 Å². The van der Waals surface area contributed by atoms with Crippen LogP contribution < -0.4 is 0 Å². The van der Waals surface area contributed by atoms with Crippen molar-refractivity contribution in [3.63, 3.8) is 0 Å². The maximum absolute atomic E-state index is 4.65. The number of aryl methyl sites for hydroxylation is 2. The zero-order chi connectivity index (χ0) is 20.3. The summed E-state index contributed by atoms with van der Waals surface area (Å²) in [5, 5.41) is 0. The molecule has 1 heterocycles. The molecule has 1 fully saturated rings. The third-order valence-electron chi connectivity index (χ3n) is 6.87. The van der Waals surface area contributed by atoms with Crippen LogP contribution in [-0.2, 0) is 12.8 Å². The summed E-state index contributed by atoms with van der Waals surface area (Å²) in [7, 11) is 0. The van der Waals surface area contributed by atoms with Gasteiger partial charge in [0.15, 0.2) is 5.82 Å². The van der Waals surface area contributed by atoms with Crippen molar-refractivity contribution in [1.29, 1.82) is 0 Å². The summed E-state index contributed by atoms with van der Waals surface area (Å²) in [5.41, 5.74) is 3.85. The first-order valence-corrected chi connectivity index (χ1v) is 12.2. The van der Waals surface area contributed by atoms with E-state index < -0.39 is 0 Å². The fourth-order valence-electron chi connectivity index (χ4n) is 4.69. The summed E-state index contributed by atoms with van der Waals surface area (Å²) in [5.74, 6) is 2.75. The van der Waals surface area contributed by atoms with E-state index in [0.29, 0.717) is 0 Å². The molecule has 1 aliphatic rings. The van der Waals surface area contributed by atoms with Crippen molar-refractivity contribution in [3.8, 4) is 11.4 Å². The van der Waals surface area contributed by atoms with Gasteiger partial charge >= 0.3 is 0 Å². The number of rotatable bonds is 11. The lowest BCUT2D eigenvalue weighted by molar-refractivity contribution is 0.258. The van der Waals surface area contributed by atoms with E-state index >= 15 is 0 Å². The minimum Gasteiger partial charge on any atom is -0.236 e. The third kappa shape index (κ3) is 7.24. The molecule has 1 saturated carbocycles. The van der Waals surface area contributed by atoms with Crippen molar-refractivity contribution < 1.29 is 0 Å². The Morgan fingerprint density at radius 2 is 1.38 bits per heavy atom. The van der Waals surface area contributed by atoms with Crippen LogP contribution in [0, 0.1) is 11.8 Å². The van der Waals surface area contributed by atoms with E-state index in [4.69, 9.17) is 0 Å². The third-order valence-corrected chi connectivity index (χ3v) is 6.87. The summed E-state index contributed by atoms with van der Waals surface area (Å²) in [6.45, 7) is 4.61. The number of benzene rings is 1. The molecule has 2 aromatic rings. The summed E-state index contributed by atoms with van der Waals surface area (Å²) < 4.78 is 0. The van der Waals surface area contributed by atoms with Crippen molar-refractivity contribution in [2.24, 2.45) is 11.8 Å². The normalized spacial score (nSPS) is 19.4. The second kappa shape index (κ2) is 12.1. The zero-order valence-corrected chi connectivity index (χ0v) is 18.7. The van der Waals surface area contributed by atoms with Gasteiger partial charge in [-0.3, -0.25) is 0 Å². The van der Waals surface area contributed by atoms with E-state index in [-0.39, 0.29) is 0 Å². The predicted molar refractivity (Wildman–Crippen MR) is 124 cm³/mol. The van der Waals surface area contributed by atoms with Gasteiger partial charge in [0.1, 0.15) is 0 Å². The van der Waals surface area contributed by atoms with E-state index in [0.717, 1.165) is 29.6 Å². The van der Waals surface area contributed by atoms with Crippen LogP contribution in [0.2, 0.25) is 0 Å². The topological polar surface area (TPSA) is 25.8 Å². The lowest BCUT2D eigenvalue weighted by Crippen LogP contribution is -2.14. The van der Waals surface area contributed by atoms with Crippen molar-refractivity contribution in [3.05, 3.63) is 47.8 Å². The van der Waals surface area contributed by atoms with Crippen LogP contribution in [0.4, 0.5) is 0 Å². The van der Waals surface area contributed by atoms with E-state index in [9.17, 15) is 0 Å². The second-order valence-corrected chi connectivity index (χ2v) is 9.11. The number of hydrogen-bond acceptors (Lipinski definition) is 2. The monoisotopic (exact) mass is 392 g/mol. The van der Waals surface area contributed by atoms with Gasteiger partial charge in [0, 0.05) is 18.0 Å². The fraction of sp³-hybridized carbons (Fsp3) is 0.630. The Morgan fingerprint density at radius 3 is 2.03 bits per heavy atom. The Hall–Kier alpha value is -1.70. The highest BCUT2D eigenvalue weighted by Crippen LogP contribution is 2.33. The lowest BCUT2D eigenvalue weighted by Gasteiger charge is -2.27. The van der Waals surface area contributed by atoms with Crippen LogP contribution in [0.3, 0.4) is 0 Å². The molecule has 2 heteroatoms. The van der Waals surface area contributed by atoms with Crippen LogP contribution in [0.25, 0.3) is 11.4 Å². The maximum Gasteiger partial charge on any atom is 0.159 e. The molecule has 29 heavy (non-hydrogen) atoms. The molecule has 158 valence electrons. The summed E-state index contributed by atoms with van der Waals surface area (Å²) in [4.78, 5) is 9.30. The predicted octanol–water partition coefficient (Wildman–Crippen LogP) is 7.81. The Bertz CT molecular complexity index is 681. The van der Waals surface area contributed by atoms with Crippen molar-refractivity contribution in [2.75, 3.05) is 0 Å². The smallest absolute Gasteiger partial charge is 0.159 e. The average Bonchev–Trinajstić information content (AvgIpc) is 2.79. The molecule has 0 bridgehead atoms. The van der Waals surface area contributed by atoms with Gasteiger partial charge in [-0.2, -0.15) is 0 Å². The molecule has 0 atom stereocenters. The van der Waals surface area contributed by atoms with E-state index in [1.165, 1.54) is 88.2 Å². The number of hydrogen-bond donors (Lipinski definition) is 0. The minimum atomic E-state index is 0.853. The minimum absolute atomic E-state index is 0.853. The molecule has 0 N–H and O–H groups in total. The van der Waals surface area contributed by atoms with E-state index in [2.05, 4.69) is 48.1 Å². The number of nitrogens with zero attached hydrogens (tertiary/aromatic N) is 2. The van der Waals surface area contributed by atoms with E-state index in [1.54, 1.807) is 0 Å². The Balaban J connectivity index is 1.43. The molecule has 0 amide bonds. The molecule has 0 saturated heterocycles. The van der Waals surface area contributed by atoms with Gasteiger partial charge in [-0.25, -0.2) is 9.97 Å². The largest absolute Gasteiger partial charge is 0.236 e. The molecule has 0 unspecified atom stereocenters. The Kier molecular flexibility index (Phi) is 9.18. The molecule has 0 spiro atoms. The molecule has 0 aliphatic heterocycles. The van der Waals surface area contributed by atoms with Gasteiger partial charge in [0.25, 0.3) is 0 Å². The van der Waals surface area contributed by atoms with Gasteiger partial charge in [-0.1, -0.05) is 95.9 Å². The second-order valence-electron chi connectivity index (χ2n) is 9.11. The number of aromatic nitrogens is 2. The summed E-state index contributed by atoms with van der Waals surface area (Å²) in [6, 6.07) is 8.86. The first kappa shape index (κ1) is 22.0. The molecule has 3 rings (SSSR count). The maximum atomic E-state index is 4.65. The van der Waals surface area contributed by atoms with Gasteiger partial charge in [-0.15, -0.1) is 0 Å². The highest BCUT2D eigenvalue weighted by Gasteiger charge is 2.19. The first-order valence-electron chi connectivity index (χ1n) is 12.2. The van der Waals surface area contributed by atoms with Gasteiger partial charge in [0.05, 0.1) is 0 Å². The van der Waals surface area contributed by atoms with Crippen molar-refractivity contribution >= 4 is 0 Å². The summed E-state index contributed by atoms with van der Waals surface area (Å²) >= 11 is 0. The molecular weight excluding hydrogens is 352 g/mol. The van der Waals surface area contributed by atoms with Crippen molar-refractivity contribution in [1.82, 2.24) is 9.97 Å². The Labute approximate surface area is 178 Å². The summed E-state index contributed by atoms with van der Waals surface area (Å²) in [6.07, 6.45) is 21.5. The standard InChI is InChI=1S/C27H40N2/c1-3-5-6-7-8-9-23-16-18-26(19-17-23)27-28-20-25(21-29-27)15-14-24-12-10-22(4-2)11-13-24/h16-22,24H,3-15H2,1-2H3. The molecule has 1 aromatic carbocycles. The average molecular weight is 393 g/mol. The van der Waals surface area contributed by atoms with Crippen LogP contribution >= 0.6 is 0 Å². The van der Waals surface area contributed by atoms with Crippen LogP contribution in [0.15, 0.2) is 36.7 Å². The quantitative estimate of drug-likeness (QED) is 0.364. The van der Waals surface area contributed by atoms with Crippen LogP contribution in [-0.4, -0.2) is 9.97 Å².